The first-order chi connectivity index (χ1) is 23.9. The van der Waals surface area contributed by atoms with Gasteiger partial charge in [0.25, 0.3) is 11.1 Å². The minimum absolute atomic E-state index is 0.0707. The molecule has 0 spiro atoms. The van der Waals surface area contributed by atoms with Crippen molar-refractivity contribution in [2.75, 3.05) is 43.1 Å². The monoisotopic (exact) mass is 676 g/mol. The molecule has 7 heterocycles. The minimum atomic E-state index is -0.352. The summed E-state index contributed by atoms with van der Waals surface area (Å²) in [5.74, 6) is 0.899. The third-order valence-corrected chi connectivity index (χ3v) is 10.7. The molecule has 2 saturated heterocycles. The van der Waals surface area contributed by atoms with Gasteiger partial charge in [-0.1, -0.05) is 13.8 Å². The second kappa shape index (κ2) is 11.9. The number of aliphatic hydroxyl groups is 1. The van der Waals surface area contributed by atoms with Crippen molar-refractivity contribution in [3.63, 3.8) is 0 Å². The zero-order chi connectivity index (χ0) is 34.9. The van der Waals surface area contributed by atoms with Crippen LogP contribution in [0.5, 0.6) is 0 Å². The van der Waals surface area contributed by atoms with E-state index in [0.717, 1.165) is 51.4 Å². The van der Waals surface area contributed by atoms with Crippen molar-refractivity contribution >= 4 is 22.7 Å². The number of piperazine rings is 1. The predicted octanol–water partition coefficient (Wildman–Crippen LogP) is 3.91. The standard InChI is InChI=1S/C38H44N8O4/c1-37(2)16-24-15-31-36(49)45(12-11-44(31)32(24)17-37)34-29(20-47)28(8-9-39-34)25-14-30(35(48)42(5)19-25)41-33-7-6-26(18-40-33)46-13-10-43(23-38(46,3)4)27-21-50-22-27/h6-9,11-12,14-15,18-19,27,47H,10,13,16-17,20-23H2,1-5H3,(H,40,41). The summed E-state index contributed by atoms with van der Waals surface area (Å²) in [7, 11) is 1.69. The van der Waals surface area contributed by atoms with Crippen molar-refractivity contribution in [2.45, 2.75) is 58.7 Å². The fourth-order valence-electron chi connectivity index (χ4n) is 8.07. The van der Waals surface area contributed by atoms with Gasteiger partial charge < -0.3 is 29.0 Å². The Bertz CT molecular complexity index is 2230. The van der Waals surface area contributed by atoms with Crippen molar-refractivity contribution < 1.29 is 9.84 Å². The molecular formula is C38H44N8O4. The van der Waals surface area contributed by atoms with Crippen LogP contribution in [-0.2, 0) is 31.2 Å². The molecule has 1 aliphatic carbocycles. The molecule has 2 fully saturated rings. The number of aryl methyl sites for hydroxylation is 1. The summed E-state index contributed by atoms with van der Waals surface area (Å²) < 4.78 is 10.4. The summed E-state index contributed by atoms with van der Waals surface area (Å²) in [6, 6.07) is 9.99. The van der Waals surface area contributed by atoms with E-state index >= 15 is 0 Å². The lowest BCUT2D eigenvalue weighted by atomic mass is 9.90. The molecule has 2 N–H and O–H groups in total. The number of nitrogens with zero attached hydrogens (tertiary/aromatic N) is 7. The molecule has 12 heteroatoms. The Labute approximate surface area is 290 Å². The van der Waals surface area contributed by atoms with Crippen molar-refractivity contribution in [1.29, 1.82) is 0 Å². The van der Waals surface area contributed by atoms with Gasteiger partial charge in [0.2, 0.25) is 0 Å². The Kier molecular flexibility index (Phi) is 7.73. The summed E-state index contributed by atoms with van der Waals surface area (Å²) >= 11 is 0. The second-order valence-electron chi connectivity index (χ2n) is 15.4. The van der Waals surface area contributed by atoms with Gasteiger partial charge in [0.1, 0.15) is 22.8 Å². The molecule has 0 saturated carbocycles. The van der Waals surface area contributed by atoms with Gasteiger partial charge in [-0.05, 0) is 73.6 Å². The van der Waals surface area contributed by atoms with Crippen LogP contribution in [0.25, 0.3) is 22.5 Å². The molecule has 8 rings (SSSR count). The summed E-state index contributed by atoms with van der Waals surface area (Å²) in [6.07, 6.45) is 10.7. The molecule has 5 aromatic rings. The van der Waals surface area contributed by atoms with Gasteiger partial charge >= 0.3 is 0 Å². The number of nitrogens with one attached hydrogen (secondary N) is 1. The first-order valence-electron chi connectivity index (χ1n) is 17.3. The molecule has 0 unspecified atom stereocenters. The van der Waals surface area contributed by atoms with E-state index in [-0.39, 0.29) is 28.7 Å². The van der Waals surface area contributed by atoms with Crippen LogP contribution in [-0.4, -0.2) is 77.9 Å². The number of hydrogen-bond donors (Lipinski definition) is 2. The average molecular weight is 677 g/mol. The number of ether oxygens (including phenoxy) is 1. The lowest BCUT2D eigenvalue weighted by Gasteiger charge is -2.51. The van der Waals surface area contributed by atoms with E-state index in [0.29, 0.717) is 45.6 Å². The molecule has 2 aliphatic heterocycles. The van der Waals surface area contributed by atoms with Crippen LogP contribution in [0.4, 0.5) is 17.2 Å². The number of aliphatic hydroxyl groups excluding tert-OH is 1. The van der Waals surface area contributed by atoms with Gasteiger partial charge in [-0.15, -0.1) is 0 Å². The average Bonchev–Trinajstić information content (AvgIpc) is 3.54. The maximum Gasteiger partial charge on any atom is 0.280 e. The van der Waals surface area contributed by atoms with E-state index in [2.05, 4.69) is 47.8 Å². The molecule has 12 nitrogen and oxygen atoms in total. The lowest BCUT2D eigenvalue weighted by Crippen LogP contribution is -2.64. The van der Waals surface area contributed by atoms with Crippen molar-refractivity contribution in [2.24, 2.45) is 12.5 Å². The van der Waals surface area contributed by atoms with Crippen LogP contribution >= 0.6 is 0 Å². The maximum absolute atomic E-state index is 13.8. The number of rotatable bonds is 7. The topological polar surface area (TPSA) is 122 Å². The first kappa shape index (κ1) is 32.4. The van der Waals surface area contributed by atoms with Gasteiger partial charge in [-0.3, -0.25) is 19.1 Å². The maximum atomic E-state index is 13.8. The van der Waals surface area contributed by atoms with Gasteiger partial charge in [-0.25, -0.2) is 9.97 Å². The van der Waals surface area contributed by atoms with Crippen LogP contribution in [0.15, 0.2) is 70.9 Å². The fraction of sp³-hybridized carbons (Fsp3) is 0.421. The Morgan fingerprint density at radius 3 is 2.52 bits per heavy atom. The summed E-state index contributed by atoms with van der Waals surface area (Å²) in [6.45, 7) is 13.1. The molecule has 260 valence electrons. The van der Waals surface area contributed by atoms with Crippen LogP contribution in [0.1, 0.15) is 44.5 Å². The number of anilines is 3. The third-order valence-electron chi connectivity index (χ3n) is 10.7. The molecule has 0 aromatic carbocycles. The molecule has 0 bridgehead atoms. The van der Waals surface area contributed by atoms with Gasteiger partial charge in [0.15, 0.2) is 0 Å². The van der Waals surface area contributed by atoms with Gasteiger partial charge in [0.05, 0.1) is 37.7 Å². The van der Waals surface area contributed by atoms with Crippen molar-refractivity contribution in [3.8, 4) is 16.9 Å². The van der Waals surface area contributed by atoms with E-state index in [9.17, 15) is 14.7 Å². The second-order valence-corrected chi connectivity index (χ2v) is 15.4. The van der Waals surface area contributed by atoms with Gasteiger partial charge in [0, 0.05) is 73.8 Å². The van der Waals surface area contributed by atoms with Crippen LogP contribution in [0.3, 0.4) is 0 Å². The Morgan fingerprint density at radius 2 is 1.82 bits per heavy atom. The molecule has 5 aromatic heterocycles. The minimum Gasteiger partial charge on any atom is -0.392 e. The smallest absolute Gasteiger partial charge is 0.280 e. The highest BCUT2D eigenvalue weighted by molar-refractivity contribution is 5.73. The summed E-state index contributed by atoms with van der Waals surface area (Å²) in [5, 5.41) is 13.9. The molecule has 0 radical (unpaired) electrons. The Balaban J connectivity index is 1.08. The zero-order valence-electron chi connectivity index (χ0n) is 29.3. The zero-order valence-corrected chi connectivity index (χ0v) is 29.3. The van der Waals surface area contributed by atoms with E-state index in [4.69, 9.17) is 9.72 Å². The third kappa shape index (κ3) is 5.51. The lowest BCUT2D eigenvalue weighted by molar-refractivity contribution is -0.0741. The van der Waals surface area contributed by atoms with Crippen LogP contribution in [0.2, 0.25) is 0 Å². The quantitative estimate of drug-likeness (QED) is 0.264. The van der Waals surface area contributed by atoms with Crippen molar-refractivity contribution in [1.82, 2.24) is 28.4 Å². The SMILES string of the molecule is Cn1cc(-c2ccnc(-n3ccn4c5c(cc4c3=O)CC(C)(C)C5)c2CO)cc(Nc2ccc(N3CCN(C4COC4)CC3(C)C)cn2)c1=O. The molecule has 3 aliphatic rings. The van der Waals surface area contributed by atoms with E-state index < -0.39 is 0 Å². The Hall–Kier alpha value is -4.78. The highest BCUT2D eigenvalue weighted by atomic mass is 16.5. The predicted molar refractivity (Wildman–Crippen MR) is 194 cm³/mol. The highest BCUT2D eigenvalue weighted by Crippen LogP contribution is 2.38. The summed E-state index contributed by atoms with van der Waals surface area (Å²) in [5.41, 5.74) is 5.86. The van der Waals surface area contributed by atoms with Crippen LogP contribution < -0.4 is 21.3 Å². The number of aromatic nitrogens is 5. The molecular weight excluding hydrogens is 632 g/mol. The van der Waals surface area contributed by atoms with Crippen LogP contribution in [0, 0.1) is 5.41 Å². The normalized spacial score (nSPS) is 18.7. The van der Waals surface area contributed by atoms with E-state index in [1.165, 1.54) is 20.4 Å². The van der Waals surface area contributed by atoms with Gasteiger partial charge in [-0.2, -0.15) is 0 Å². The highest BCUT2D eigenvalue weighted by Gasteiger charge is 2.38. The molecule has 0 atom stereocenters. The number of fused-ring (bicyclic) bond motifs is 3. The first-order valence-corrected chi connectivity index (χ1v) is 17.3. The summed E-state index contributed by atoms with van der Waals surface area (Å²) in [4.78, 5) is 41.3. The van der Waals surface area contributed by atoms with E-state index in [1.807, 2.05) is 35.0 Å². The van der Waals surface area contributed by atoms with Crippen molar-refractivity contribution in [3.05, 3.63) is 98.8 Å². The fourth-order valence-corrected chi connectivity index (χ4v) is 8.07. The molecule has 50 heavy (non-hydrogen) atoms. The number of pyridine rings is 3. The Morgan fingerprint density at radius 1 is 1.00 bits per heavy atom. The number of hydrogen-bond acceptors (Lipinski definition) is 9. The largest absolute Gasteiger partial charge is 0.392 e. The molecule has 0 amide bonds. The van der Waals surface area contributed by atoms with E-state index in [1.54, 1.807) is 37.8 Å².